The minimum atomic E-state index is -0.826. The van der Waals surface area contributed by atoms with E-state index in [-0.39, 0.29) is 5.41 Å². The molecule has 0 amide bonds. The van der Waals surface area contributed by atoms with Gasteiger partial charge in [-0.2, -0.15) is 0 Å². The van der Waals surface area contributed by atoms with Gasteiger partial charge in [0.1, 0.15) is 0 Å². The number of aliphatic carboxylic acids is 1. The largest absolute Gasteiger partial charge is 0.478 e. The van der Waals surface area contributed by atoms with Gasteiger partial charge >= 0.3 is 5.97 Å². The standard InChI is InChI=1S/C13H25NO3/c1-5-11(12(15)16)6-8-14-10-13(2,3)7-9-17-4/h6,14H,5,7-10H2,1-4H3,(H,15,16). The Balaban J connectivity index is 3.94. The van der Waals surface area contributed by atoms with E-state index in [1.54, 1.807) is 13.2 Å². The van der Waals surface area contributed by atoms with Crippen LogP contribution in [0.4, 0.5) is 0 Å². The zero-order valence-corrected chi connectivity index (χ0v) is 11.4. The molecule has 0 heterocycles. The third-order valence-electron chi connectivity index (χ3n) is 2.73. The maximum absolute atomic E-state index is 10.8. The second-order valence-corrected chi connectivity index (χ2v) is 4.93. The van der Waals surface area contributed by atoms with Crippen LogP contribution in [-0.2, 0) is 9.53 Å². The lowest BCUT2D eigenvalue weighted by atomic mass is 9.90. The lowest BCUT2D eigenvalue weighted by Gasteiger charge is -2.24. The minimum absolute atomic E-state index is 0.166. The number of carbonyl (C=O) groups is 1. The Labute approximate surface area is 104 Å². The van der Waals surface area contributed by atoms with Gasteiger partial charge in [-0.15, -0.1) is 0 Å². The van der Waals surface area contributed by atoms with E-state index in [2.05, 4.69) is 19.2 Å². The van der Waals surface area contributed by atoms with Crippen LogP contribution in [0.1, 0.15) is 33.6 Å². The van der Waals surface area contributed by atoms with Gasteiger partial charge in [0.25, 0.3) is 0 Å². The Morgan fingerprint density at radius 2 is 2.12 bits per heavy atom. The van der Waals surface area contributed by atoms with E-state index >= 15 is 0 Å². The van der Waals surface area contributed by atoms with Gasteiger partial charge in [0.2, 0.25) is 0 Å². The third kappa shape index (κ3) is 7.94. The maximum Gasteiger partial charge on any atom is 0.331 e. The Morgan fingerprint density at radius 1 is 1.47 bits per heavy atom. The second kappa shape index (κ2) is 8.25. The summed E-state index contributed by atoms with van der Waals surface area (Å²) in [6, 6.07) is 0. The zero-order valence-electron chi connectivity index (χ0n) is 11.4. The van der Waals surface area contributed by atoms with Crippen molar-refractivity contribution in [3.63, 3.8) is 0 Å². The highest BCUT2D eigenvalue weighted by Crippen LogP contribution is 2.18. The van der Waals surface area contributed by atoms with E-state index in [1.807, 2.05) is 6.92 Å². The minimum Gasteiger partial charge on any atom is -0.478 e. The van der Waals surface area contributed by atoms with Gasteiger partial charge in [-0.3, -0.25) is 0 Å². The average Bonchev–Trinajstić information content (AvgIpc) is 2.26. The molecule has 0 aromatic rings. The zero-order chi connectivity index (χ0) is 13.3. The van der Waals surface area contributed by atoms with Crippen molar-refractivity contribution in [1.82, 2.24) is 5.32 Å². The van der Waals surface area contributed by atoms with Crippen molar-refractivity contribution < 1.29 is 14.6 Å². The summed E-state index contributed by atoms with van der Waals surface area (Å²) in [7, 11) is 1.70. The third-order valence-corrected chi connectivity index (χ3v) is 2.73. The highest BCUT2D eigenvalue weighted by molar-refractivity contribution is 5.86. The molecule has 0 unspecified atom stereocenters. The van der Waals surface area contributed by atoms with Crippen LogP contribution in [0, 0.1) is 5.41 Å². The first-order chi connectivity index (χ1) is 7.93. The molecule has 0 saturated heterocycles. The molecule has 0 fully saturated rings. The molecule has 4 heteroatoms. The van der Waals surface area contributed by atoms with Crippen molar-refractivity contribution >= 4 is 5.97 Å². The van der Waals surface area contributed by atoms with Gasteiger partial charge in [0.15, 0.2) is 0 Å². The molecule has 0 aliphatic carbocycles. The van der Waals surface area contributed by atoms with Gasteiger partial charge in [-0.05, 0) is 18.3 Å². The molecule has 0 spiro atoms. The van der Waals surface area contributed by atoms with Crippen LogP contribution < -0.4 is 5.32 Å². The SMILES string of the molecule is CCC(=CCNCC(C)(C)CCOC)C(=O)O. The Morgan fingerprint density at radius 3 is 2.59 bits per heavy atom. The molecule has 4 nitrogen and oxygen atoms in total. The molecule has 0 aliphatic rings. The van der Waals surface area contributed by atoms with Crippen LogP contribution in [-0.4, -0.2) is 37.9 Å². The summed E-state index contributed by atoms with van der Waals surface area (Å²) in [6.07, 6.45) is 3.29. The molecular formula is C13H25NO3. The van der Waals surface area contributed by atoms with Gasteiger partial charge < -0.3 is 15.2 Å². The second-order valence-electron chi connectivity index (χ2n) is 4.93. The van der Waals surface area contributed by atoms with Crippen LogP contribution in [0.25, 0.3) is 0 Å². The molecule has 17 heavy (non-hydrogen) atoms. The quantitative estimate of drug-likeness (QED) is 0.481. The van der Waals surface area contributed by atoms with E-state index < -0.39 is 5.97 Å². The van der Waals surface area contributed by atoms with Crippen molar-refractivity contribution in [2.45, 2.75) is 33.6 Å². The lowest BCUT2D eigenvalue weighted by Crippen LogP contribution is -2.30. The monoisotopic (exact) mass is 243 g/mol. The van der Waals surface area contributed by atoms with Crippen molar-refractivity contribution in [1.29, 1.82) is 0 Å². The fourth-order valence-electron chi connectivity index (χ4n) is 1.46. The normalized spacial score (nSPS) is 12.8. The molecule has 2 N–H and O–H groups in total. The fourth-order valence-corrected chi connectivity index (χ4v) is 1.46. The van der Waals surface area contributed by atoms with Crippen LogP contribution >= 0.6 is 0 Å². The summed E-state index contributed by atoms with van der Waals surface area (Å²) in [5.74, 6) is -0.826. The highest BCUT2D eigenvalue weighted by atomic mass is 16.5. The van der Waals surface area contributed by atoms with E-state index in [0.29, 0.717) is 18.5 Å². The van der Waals surface area contributed by atoms with Crippen molar-refractivity contribution in [2.75, 3.05) is 26.8 Å². The molecule has 100 valence electrons. The number of hydrogen-bond acceptors (Lipinski definition) is 3. The fraction of sp³-hybridized carbons (Fsp3) is 0.769. The molecule has 0 aromatic carbocycles. The van der Waals surface area contributed by atoms with E-state index in [0.717, 1.165) is 19.6 Å². The Hall–Kier alpha value is -0.870. The van der Waals surface area contributed by atoms with E-state index in [4.69, 9.17) is 9.84 Å². The first-order valence-corrected chi connectivity index (χ1v) is 6.05. The smallest absolute Gasteiger partial charge is 0.331 e. The summed E-state index contributed by atoms with van der Waals surface area (Å²) in [5.41, 5.74) is 0.631. The summed E-state index contributed by atoms with van der Waals surface area (Å²) in [6.45, 7) is 8.39. The predicted molar refractivity (Wildman–Crippen MR) is 69.2 cm³/mol. The van der Waals surface area contributed by atoms with Crippen LogP contribution in [0.5, 0.6) is 0 Å². The van der Waals surface area contributed by atoms with Crippen LogP contribution in [0.15, 0.2) is 11.6 Å². The summed E-state index contributed by atoms with van der Waals surface area (Å²) < 4.78 is 5.05. The average molecular weight is 243 g/mol. The summed E-state index contributed by atoms with van der Waals surface area (Å²) in [5, 5.41) is 12.1. The molecule has 0 saturated carbocycles. The van der Waals surface area contributed by atoms with Gasteiger partial charge in [-0.1, -0.05) is 26.8 Å². The number of nitrogens with one attached hydrogen (secondary N) is 1. The van der Waals surface area contributed by atoms with Gasteiger partial charge in [0, 0.05) is 32.4 Å². The highest BCUT2D eigenvalue weighted by Gasteiger charge is 2.16. The van der Waals surface area contributed by atoms with Gasteiger partial charge in [-0.25, -0.2) is 4.79 Å². The van der Waals surface area contributed by atoms with E-state index in [9.17, 15) is 4.79 Å². The molecule has 0 bridgehead atoms. The van der Waals surface area contributed by atoms with E-state index in [1.165, 1.54) is 0 Å². The Bertz CT molecular complexity index is 259. The number of carboxylic acids is 1. The lowest BCUT2D eigenvalue weighted by molar-refractivity contribution is -0.132. The first-order valence-electron chi connectivity index (χ1n) is 6.05. The van der Waals surface area contributed by atoms with Crippen molar-refractivity contribution in [3.05, 3.63) is 11.6 Å². The molecule has 0 atom stereocenters. The summed E-state index contributed by atoms with van der Waals surface area (Å²) in [4.78, 5) is 10.8. The van der Waals surface area contributed by atoms with Crippen LogP contribution in [0.2, 0.25) is 0 Å². The number of hydrogen-bond donors (Lipinski definition) is 2. The number of rotatable bonds is 9. The molecule has 0 rings (SSSR count). The first kappa shape index (κ1) is 16.1. The molecule has 0 aliphatic heterocycles. The molecule has 0 radical (unpaired) electrons. The van der Waals surface area contributed by atoms with Crippen molar-refractivity contribution in [3.8, 4) is 0 Å². The van der Waals surface area contributed by atoms with Crippen molar-refractivity contribution in [2.24, 2.45) is 5.41 Å². The maximum atomic E-state index is 10.8. The summed E-state index contributed by atoms with van der Waals surface area (Å²) >= 11 is 0. The van der Waals surface area contributed by atoms with Gasteiger partial charge in [0.05, 0.1) is 0 Å². The Kier molecular flexibility index (Phi) is 7.83. The predicted octanol–water partition coefficient (Wildman–Crippen LogP) is 2.06. The number of carboxylic acid groups (broad SMARTS) is 1. The number of ether oxygens (including phenoxy) is 1. The van der Waals surface area contributed by atoms with Crippen LogP contribution in [0.3, 0.4) is 0 Å². The molecular weight excluding hydrogens is 218 g/mol. The topological polar surface area (TPSA) is 58.6 Å². The number of methoxy groups -OCH3 is 1. The molecule has 0 aromatic heterocycles.